The molecule has 0 unspecified atom stereocenters. The van der Waals surface area contributed by atoms with Crippen molar-refractivity contribution in [2.45, 2.75) is 25.8 Å². The van der Waals surface area contributed by atoms with Crippen molar-refractivity contribution in [3.63, 3.8) is 0 Å². The topological polar surface area (TPSA) is 32.3 Å². The number of amides is 1. The molecular formula is C15H23ClN2OS. The fourth-order valence-corrected chi connectivity index (χ4v) is 2.97. The van der Waals surface area contributed by atoms with Gasteiger partial charge in [-0.15, -0.1) is 0 Å². The molecule has 20 heavy (non-hydrogen) atoms. The van der Waals surface area contributed by atoms with Crippen LogP contribution in [0.3, 0.4) is 0 Å². The number of carbonyl (C=O) groups is 1. The highest BCUT2D eigenvalue weighted by atomic mass is 35.5. The van der Waals surface area contributed by atoms with E-state index in [1.807, 2.05) is 45.2 Å². The van der Waals surface area contributed by atoms with Gasteiger partial charge in [0, 0.05) is 11.6 Å². The summed E-state index contributed by atoms with van der Waals surface area (Å²) in [5.74, 6) is 0.209. The number of carbonyl (C=O) groups excluding carboxylic acids is 1. The minimum Gasteiger partial charge on any atom is -0.347 e. The van der Waals surface area contributed by atoms with E-state index >= 15 is 0 Å². The van der Waals surface area contributed by atoms with Crippen LogP contribution in [-0.2, 0) is 10.3 Å². The summed E-state index contributed by atoms with van der Waals surface area (Å²) in [6.45, 7) is 5.81. The van der Waals surface area contributed by atoms with Gasteiger partial charge in [0.15, 0.2) is 0 Å². The van der Waals surface area contributed by atoms with E-state index in [1.54, 1.807) is 0 Å². The first-order valence-corrected chi connectivity index (χ1v) is 7.03. The SMILES string of the molecule is CN1CC[C@H](C(=O)NC(C)(C)c2ccccc2Cl)C1.S. The quantitative estimate of drug-likeness (QED) is 0.930. The monoisotopic (exact) mass is 314 g/mol. The summed E-state index contributed by atoms with van der Waals surface area (Å²) in [5, 5.41) is 3.82. The molecule has 1 atom stereocenters. The van der Waals surface area contributed by atoms with Crippen molar-refractivity contribution in [2.24, 2.45) is 5.92 Å². The first-order valence-electron chi connectivity index (χ1n) is 6.66. The number of nitrogens with zero attached hydrogens (tertiary/aromatic N) is 1. The molecule has 5 heteroatoms. The molecule has 0 bridgehead atoms. The lowest BCUT2D eigenvalue weighted by molar-refractivity contribution is -0.126. The van der Waals surface area contributed by atoms with Gasteiger partial charge in [0.1, 0.15) is 0 Å². The fourth-order valence-electron chi connectivity index (χ4n) is 2.59. The van der Waals surface area contributed by atoms with Crippen LogP contribution in [-0.4, -0.2) is 30.9 Å². The molecule has 0 aliphatic carbocycles. The maximum absolute atomic E-state index is 12.3. The Morgan fingerprint density at radius 3 is 2.60 bits per heavy atom. The molecule has 1 N–H and O–H groups in total. The van der Waals surface area contributed by atoms with Crippen molar-refractivity contribution in [3.05, 3.63) is 34.9 Å². The van der Waals surface area contributed by atoms with Crippen LogP contribution in [0.15, 0.2) is 24.3 Å². The normalized spacial score (nSPS) is 19.5. The molecule has 3 nitrogen and oxygen atoms in total. The third-order valence-electron chi connectivity index (χ3n) is 3.75. The Labute approximate surface area is 133 Å². The van der Waals surface area contributed by atoms with Gasteiger partial charge in [-0.2, -0.15) is 13.5 Å². The summed E-state index contributed by atoms with van der Waals surface area (Å²) in [5.41, 5.74) is 0.507. The molecule has 1 saturated heterocycles. The molecule has 1 aliphatic heterocycles. The third-order valence-corrected chi connectivity index (χ3v) is 4.07. The van der Waals surface area contributed by atoms with Gasteiger partial charge in [-0.25, -0.2) is 0 Å². The fraction of sp³-hybridized carbons (Fsp3) is 0.533. The molecule has 112 valence electrons. The number of benzene rings is 1. The zero-order chi connectivity index (χ0) is 14.0. The Balaban J connectivity index is 0.00000200. The second-order valence-corrected chi connectivity index (χ2v) is 6.25. The minimum absolute atomic E-state index is 0. The summed E-state index contributed by atoms with van der Waals surface area (Å²) in [6, 6.07) is 7.66. The smallest absolute Gasteiger partial charge is 0.225 e. The van der Waals surface area contributed by atoms with E-state index in [4.69, 9.17) is 11.6 Å². The van der Waals surface area contributed by atoms with Crippen LogP contribution < -0.4 is 5.32 Å². The van der Waals surface area contributed by atoms with Crippen LogP contribution in [0.1, 0.15) is 25.8 Å². The Morgan fingerprint density at radius 2 is 2.05 bits per heavy atom. The van der Waals surface area contributed by atoms with E-state index in [-0.39, 0.29) is 25.3 Å². The number of hydrogen-bond donors (Lipinski definition) is 1. The van der Waals surface area contributed by atoms with E-state index in [2.05, 4.69) is 10.2 Å². The van der Waals surface area contributed by atoms with Crippen LogP contribution in [0, 0.1) is 5.92 Å². The summed E-state index contributed by atoms with van der Waals surface area (Å²) in [7, 11) is 2.05. The molecule has 0 radical (unpaired) electrons. The lowest BCUT2D eigenvalue weighted by Crippen LogP contribution is -2.44. The van der Waals surface area contributed by atoms with Crippen molar-refractivity contribution in [3.8, 4) is 0 Å². The molecule has 0 aromatic heterocycles. The maximum Gasteiger partial charge on any atom is 0.225 e. The van der Waals surface area contributed by atoms with Crippen molar-refractivity contribution < 1.29 is 4.79 Å². The van der Waals surface area contributed by atoms with Crippen LogP contribution in [0.2, 0.25) is 5.02 Å². The Hall–Kier alpha value is -0.710. The van der Waals surface area contributed by atoms with Crippen LogP contribution in [0.25, 0.3) is 0 Å². The predicted molar refractivity (Wildman–Crippen MR) is 88.6 cm³/mol. The standard InChI is InChI=1S/C15H21ClN2O.H2S/c1-15(2,12-6-4-5-7-13(12)16)17-14(19)11-8-9-18(3)10-11;/h4-7,11H,8-10H2,1-3H3,(H,17,19);1H2/t11-;/m0./s1. The van der Waals surface area contributed by atoms with Crippen molar-refractivity contribution >= 4 is 31.0 Å². The molecule has 1 aromatic carbocycles. The number of hydrogen-bond acceptors (Lipinski definition) is 2. The molecule has 0 saturated carbocycles. The third kappa shape index (κ3) is 3.90. The summed E-state index contributed by atoms with van der Waals surface area (Å²) in [4.78, 5) is 14.5. The van der Waals surface area contributed by atoms with Gasteiger partial charge < -0.3 is 10.2 Å². The van der Waals surface area contributed by atoms with Gasteiger partial charge in [0.25, 0.3) is 0 Å². The molecule has 0 spiro atoms. The minimum atomic E-state index is -0.448. The molecular weight excluding hydrogens is 292 g/mol. The van der Waals surface area contributed by atoms with E-state index in [0.29, 0.717) is 5.02 Å². The molecule has 2 rings (SSSR count). The van der Waals surface area contributed by atoms with Gasteiger partial charge >= 0.3 is 0 Å². The van der Waals surface area contributed by atoms with Gasteiger partial charge in [-0.1, -0.05) is 29.8 Å². The van der Waals surface area contributed by atoms with Crippen LogP contribution in [0.5, 0.6) is 0 Å². The number of nitrogens with one attached hydrogen (secondary N) is 1. The number of rotatable bonds is 3. The summed E-state index contributed by atoms with van der Waals surface area (Å²) in [6.07, 6.45) is 0.931. The predicted octanol–water partition coefficient (Wildman–Crippen LogP) is 2.76. The second kappa shape index (κ2) is 6.83. The Bertz CT molecular complexity index is 479. The molecule has 1 aromatic rings. The molecule has 1 aliphatic rings. The van der Waals surface area contributed by atoms with E-state index in [0.717, 1.165) is 25.1 Å². The van der Waals surface area contributed by atoms with Crippen molar-refractivity contribution in [2.75, 3.05) is 20.1 Å². The molecule has 1 heterocycles. The van der Waals surface area contributed by atoms with Gasteiger partial charge in [0.05, 0.1) is 11.5 Å². The molecule has 1 amide bonds. The summed E-state index contributed by atoms with van der Waals surface area (Å²) >= 11 is 6.22. The van der Waals surface area contributed by atoms with Crippen LogP contribution in [0.4, 0.5) is 0 Å². The average molecular weight is 315 g/mol. The largest absolute Gasteiger partial charge is 0.347 e. The second-order valence-electron chi connectivity index (χ2n) is 5.84. The highest BCUT2D eigenvalue weighted by Gasteiger charge is 2.31. The van der Waals surface area contributed by atoms with Gasteiger partial charge in [-0.3, -0.25) is 4.79 Å². The lowest BCUT2D eigenvalue weighted by atomic mass is 9.93. The van der Waals surface area contributed by atoms with E-state index in [1.165, 1.54) is 0 Å². The lowest BCUT2D eigenvalue weighted by Gasteiger charge is -2.29. The number of likely N-dealkylation sites (tertiary alicyclic amines) is 1. The zero-order valence-electron chi connectivity index (χ0n) is 12.2. The first-order chi connectivity index (χ1) is 8.90. The first kappa shape index (κ1) is 17.3. The van der Waals surface area contributed by atoms with Gasteiger partial charge in [0.2, 0.25) is 5.91 Å². The highest BCUT2D eigenvalue weighted by molar-refractivity contribution is 7.59. The number of halogens is 1. The maximum atomic E-state index is 12.3. The van der Waals surface area contributed by atoms with Crippen molar-refractivity contribution in [1.29, 1.82) is 0 Å². The Morgan fingerprint density at radius 1 is 1.40 bits per heavy atom. The van der Waals surface area contributed by atoms with Crippen molar-refractivity contribution in [1.82, 2.24) is 10.2 Å². The average Bonchev–Trinajstić information content (AvgIpc) is 2.76. The van der Waals surface area contributed by atoms with Crippen LogP contribution >= 0.6 is 25.1 Å². The summed E-state index contributed by atoms with van der Waals surface area (Å²) < 4.78 is 0. The Kier molecular flexibility index (Phi) is 5.92. The van der Waals surface area contributed by atoms with Gasteiger partial charge in [-0.05, 0) is 45.5 Å². The molecule has 1 fully saturated rings. The van der Waals surface area contributed by atoms with E-state index in [9.17, 15) is 4.79 Å². The van der Waals surface area contributed by atoms with E-state index < -0.39 is 5.54 Å². The highest BCUT2D eigenvalue weighted by Crippen LogP contribution is 2.28. The zero-order valence-corrected chi connectivity index (χ0v) is 14.0.